The molecule has 3 aromatic carbocycles. The first kappa shape index (κ1) is 29.3. The summed E-state index contributed by atoms with van der Waals surface area (Å²) >= 11 is 0. The third-order valence-electron chi connectivity index (χ3n) is 8.50. The average Bonchev–Trinajstić information content (AvgIpc) is 3.30. The van der Waals surface area contributed by atoms with E-state index in [1.54, 1.807) is 6.92 Å². The number of carbonyl (C=O) groups excluding carboxylic acids is 2. The number of carboxylic acids is 1. The van der Waals surface area contributed by atoms with E-state index in [1.807, 2.05) is 80.6 Å². The van der Waals surface area contributed by atoms with Crippen molar-refractivity contribution < 1.29 is 29.0 Å². The number of nitrogens with zero attached hydrogens (tertiary/aromatic N) is 1. The highest BCUT2D eigenvalue weighted by Crippen LogP contribution is 2.44. The summed E-state index contributed by atoms with van der Waals surface area (Å²) in [7, 11) is 0. The summed E-state index contributed by atoms with van der Waals surface area (Å²) in [5.74, 6) is -1.70. The highest BCUT2D eigenvalue weighted by molar-refractivity contribution is 5.90. The van der Waals surface area contributed by atoms with Crippen LogP contribution < -0.4 is 5.32 Å². The molecule has 220 valence electrons. The SMILES string of the molecule is CC(OCc1ccccc1)C(NC(=O)OCC1c2ccccc2-c2ccccc21)C(=O)N1CCCC(C)(C)C1C(=O)O. The predicted octanol–water partition coefficient (Wildman–Crippen LogP) is 5.60. The second-order valence-electron chi connectivity index (χ2n) is 11.8. The van der Waals surface area contributed by atoms with Crippen molar-refractivity contribution in [2.75, 3.05) is 13.2 Å². The van der Waals surface area contributed by atoms with E-state index in [2.05, 4.69) is 17.4 Å². The van der Waals surface area contributed by atoms with Crippen molar-refractivity contribution in [3.05, 3.63) is 95.6 Å². The number of carbonyl (C=O) groups is 3. The molecular weight excluding hydrogens is 532 g/mol. The van der Waals surface area contributed by atoms with Gasteiger partial charge in [-0.1, -0.05) is 92.7 Å². The van der Waals surface area contributed by atoms with Crippen LogP contribution in [0.2, 0.25) is 0 Å². The van der Waals surface area contributed by atoms with Crippen LogP contribution in [0.25, 0.3) is 11.1 Å². The lowest BCUT2D eigenvalue weighted by atomic mass is 9.76. The average molecular weight is 571 g/mol. The molecule has 5 rings (SSSR count). The summed E-state index contributed by atoms with van der Waals surface area (Å²) in [4.78, 5) is 41.0. The molecule has 2 N–H and O–H groups in total. The van der Waals surface area contributed by atoms with Gasteiger partial charge in [0, 0.05) is 12.5 Å². The van der Waals surface area contributed by atoms with Gasteiger partial charge < -0.3 is 24.8 Å². The fourth-order valence-corrected chi connectivity index (χ4v) is 6.32. The predicted molar refractivity (Wildman–Crippen MR) is 159 cm³/mol. The molecule has 1 aliphatic heterocycles. The van der Waals surface area contributed by atoms with Gasteiger partial charge in [-0.2, -0.15) is 0 Å². The van der Waals surface area contributed by atoms with Crippen LogP contribution in [-0.4, -0.2) is 59.3 Å². The van der Waals surface area contributed by atoms with E-state index in [4.69, 9.17) is 9.47 Å². The van der Waals surface area contributed by atoms with E-state index < -0.39 is 41.6 Å². The number of amides is 2. The Hall–Kier alpha value is -4.17. The second kappa shape index (κ2) is 12.4. The van der Waals surface area contributed by atoms with Crippen LogP contribution in [0.15, 0.2) is 78.9 Å². The molecule has 0 aromatic heterocycles. The molecule has 1 aliphatic carbocycles. The Balaban J connectivity index is 1.34. The molecule has 8 heteroatoms. The van der Waals surface area contributed by atoms with Gasteiger partial charge >= 0.3 is 12.1 Å². The summed E-state index contributed by atoms with van der Waals surface area (Å²) in [5, 5.41) is 12.8. The lowest BCUT2D eigenvalue weighted by Crippen LogP contribution is -2.62. The molecule has 3 aromatic rings. The second-order valence-corrected chi connectivity index (χ2v) is 11.8. The standard InChI is InChI=1S/C34H38N2O6/c1-22(41-20-23-12-5-4-6-13-23)29(31(37)36-19-11-18-34(2,3)30(36)32(38)39)35-33(40)42-21-28-26-16-9-7-14-24(26)25-15-8-10-17-27(25)28/h4-10,12-17,22,28-30H,11,18-21H2,1-3H3,(H,35,40)(H,38,39). The lowest BCUT2D eigenvalue weighted by Gasteiger charge is -2.45. The number of fused-ring (bicyclic) bond motifs is 3. The molecule has 0 bridgehead atoms. The maximum absolute atomic E-state index is 14.0. The van der Waals surface area contributed by atoms with Gasteiger partial charge in [0.15, 0.2) is 0 Å². The quantitative estimate of drug-likeness (QED) is 0.347. The van der Waals surface area contributed by atoms with Gasteiger partial charge in [-0.15, -0.1) is 0 Å². The highest BCUT2D eigenvalue weighted by atomic mass is 16.5. The number of alkyl carbamates (subject to hydrolysis) is 1. The number of piperidine rings is 1. The fraction of sp³-hybridized carbons (Fsp3) is 0.382. The molecule has 3 unspecified atom stereocenters. The zero-order valence-corrected chi connectivity index (χ0v) is 24.3. The Bertz CT molecular complexity index is 1390. The van der Waals surface area contributed by atoms with Gasteiger partial charge in [0.25, 0.3) is 0 Å². The molecule has 2 aliphatic rings. The fourth-order valence-electron chi connectivity index (χ4n) is 6.32. The van der Waals surface area contributed by atoms with Crippen molar-refractivity contribution in [2.45, 2.75) is 64.3 Å². The summed E-state index contributed by atoms with van der Waals surface area (Å²) in [5.41, 5.74) is 4.69. The highest BCUT2D eigenvalue weighted by Gasteiger charge is 2.47. The Kier molecular flexibility index (Phi) is 8.64. The molecule has 2 amide bonds. The molecule has 42 heavy (non-hydrogen) atoms. The van der Waals surface area contributed by atoms with Crippen LogP contribution >= 0.6 is 0 Å². The number of hydrogen-bond donors (Lipinski definition) is 2. The Morgan fingerprint density at radius 2 is 1.55 bits per heavy atom. The largest absolute Gasteiger partial charge is 0.480 e. The minimum Gasteiger partial charge on any atom is -0.480 e. The van der Waals surface area contributed by atoms with Crippen molar-refractivity contribution >= 4 is 18.0 Å². The van der Waals surface area contributed by atoms with E-state index in [1.165, 1.54) is 4.90 Å². The van der Waals surface area contributed by atoms with Gasteiger partial charge in [-0.05, 0) is 53.0 Å². The minimum atomic E-state index is -1.14. The van der Waals surface area contributed by atoms with E-state index in [-0.39, 0.29) is 25.7 Å². The molecular formula is C34H38N2O6. The first-order valence-electron chi connectivity index (χ1n) is 14.5. The van der Waals surface area contributed by atoms with Crippen LogP contribution in [0.3, 0.4) is 0 Å². The smallest absolute Gasteiger partial charge is 0.407 e. The Morgan fingerprint density at radius 3 is 2.17 bits per heavy atom. The zero-order valence-electron chi connectivity index (χ0n) is 24.3. The normalized spacial score (nSPS) is 18.8. The monoisotopic (exact) mass is 570 g/mol. The molecule has 0 radical (unpaired) electrons. The Labute approximate surface area is 246 Å². The van der Waals surface area contributed by atoms with Gasteiger partial charge in [-0.25, -0.2) is 9.59 Å². The molecule has 3 atom stereocenters. The third-order valence-corrected chi connectivity index (χ3v) is 8.50. The van der Waals surface area contributed by atoms with Crippen molar-refractivity contribution in [1.29, 1.82) is 0 Å². The van der Waals surface area contributed by atoms with E-state index in [0.29, 0.717) is 12.8 Å². The van der Waals surface area contributed by atoms with Crippen molar-refractivity contribution in [3.8, 4) is 11.1 Å². The number of hydrogen-bond acceptors (Lipinski definition) is 5. The zero-order chi connectivity index (χ0) is 29.9. The summed E-state index contributed by atoms with van der Waals surface area (Å²) in [6.45, 7) is 6.03. The molecule has 8 nitrogen and oxygen atoms in total. The number of rotatable bonds is 9. The molecule has 1 fully saturated rings. The van der Waals surface area contributed by atoms with Crippen molar-refractivity contribution in [2.24, 2.45) is 5.41 Å². The first-order valence-corrected chi connectivity index (χ1v) is 14.5. The van der Waals surface area contributed by atoms with Crippen LogP contribution in [0.4, 0.5) is 4.79 Å². The molecule has 1 saturated heterocycles. The van der Waals surface area contributed by atoms with Gasteiger partial charge in [-0.3, -0.25) is 4.79 Å². The van der Waals surface area contributed by atoms with Gasteiger partial charge in [0.1, 0.15) is 18.7 Å². The summed E-state index contributed by atoms with van der Waals surface area (Å²) in [6.07, 6.45) is -0.163. The molecule has 1 heterocycles. The minimum absolute atomic E-state index is 0.0918. The number of aliphatic carboxylic acids is 1. The molecule has 0 spiro atoms. The van der Waals surface area contributed by atoms with E-state index >= 15 is 0 Å². The van der Waals surface area contributed by atoms with Crippen molar-refractivity contribution in [3.63, 3.8) is 0 Å². The first-order chi connectivity index (χ1) is 20.2. The number of nitrogens with one attached hydrogen (secondary N) is 1. The number of ether oxygens (including phenoxy) is 2. The Morgan fingerprint density at radius 1 is 0.952 bits per heavy atom. The maximum atomic E-state index is 14.0. The van der Waals surface area contributed by atoms with E-state index in [0.717, 1.165) is 27.8 Å². The van der Waals surface area contributed by atoms with E-state index in [9.17, 15) is 19.5 Å². The lowest BCUT2D eigenvalue weighted by molar-refractivity contribution is -0.161. The topological polar surface area (TPSA) is 105 Å². The number of likely N-dealkylation sites (tertiary alicyclic amines) is 1. The maximum Gasteiger partial charge on any atom is 0.407 e. The van der Waals surface area contributed by atoms with Crippen LogP contribution in [0, 0.1) is 5.41 Å². The number of carboxylic acid groups (broad SMARTS) is 1. The van der Waals surface area contributed by atoms with Crippen LogP contribution in [-0.2, 0) is 25.7 Å². The third kappa shape index (κ3) is 6.04. The summed E-state index contributed by atoms with van der Waals surface area (Å²) in [6, 6.07) is 23.5. The van der Waals surface area contributed by atoms with Gasteiger partial charge in [0.05, 0.1) is 12.7 Å². The number of benzene rings is 3. The van der Waals surface area contributed by atoms with Crippen LogP contribution in [0.5, 0.6) is 0 Å². The summed E-state index contributed by atoms with van der Waals surface area (Å²) < 4.78 is 11.8. The van der Waals surface area contributed by atoms with Gasteiger partial charge in [0.2, 0.25) is 5.91 Å². The van der Waals surface area contributed by atoms with Crippen molar-refractivity contribution in [1.82, 2.24) is 10.2 Å². The van der Waals surface area contributed by atoms with Crippen LogP contribution in [0.1, 0.15) is 56.2 Å². The molecule has 0 saturated carbocycles.